The highest BCUT2D eigenvalue weighted by atomic mass is 32.2. The Balaban J connectivity index is 1.54. The highest BCUT2D eigenvalue weighted by molar-refractivity contribution is 7.89. The second-order valence-corrected chi connectivity index (χ2v) is 10.6. The number of nitrogens with one attached hydrogen (secondary N) is 1. The first-order chi connectivity index (χ1) is 15.7. The van der Waals surface area contributed by atoms with Gasteiger partial charge in [0, 0.05) is 24.2 Å². The monoisotopic (exact) mass is 490 g/mol. The maximum absolute atomic E-state index is 13.0. The highest BCUT2D eigenvalue weighted by Crippen LogP contribution is 2.36. The smallest absolute Gasteiger partial charge is 0.274 e. The van der Waals surface area contributed by atoms with Crippen LogP contribution < -0.4 is 10.1 Å². The summed E-state index contributed by atoms with van der Waals surface area (Å²) in [6, 6.07) is 8.35. The van der Waals surface area contributed by atoms with Crippen molar-refractivity contribution in [3.05, 3.63) is 52.1 Å². The molecule has 1 aromatic heterocycles. The van der Waals surface area contributed by atoms with Gasteiger partial charge in [-0.1, -0.05) is 17.8 Å². The summed E-state index contributed by atoms with van der Waals surface area (Å²) in [7, 11) is -2.24. The molecule has 12 heteroatoms. The third kappa shape index (κ3) is 4.54. The number of nitro benzene ring substituents is 1. The van der Waals surface area contributed by atoms with Gasteiger partial charge in [-0.25, -0.2) is 13.4 Å². The van der Waals surface area contributed by atoms with Gasteiger partial charge < -0.3 is 4.74 Å². The van der Waals surface area contributed by atoms with Crippen LogP contribution in [-0.4, -0.2) is 48.2 Å². The van der Waals surface area contributed by atoms with Crippen LogP contribution in [0.4, 0.5) is 10.8 Å². The number of hydrogen-bond donors (Lipinski definition) is 1. The van der Waals surface area contributed by atoms with Crippen molar-refractivity contribution in [1.82, 2.24) is 9.29 Å². The van der Waals surface area contributed by atoms with Crippen molar-refractivity contribution in [2.24, 2.45) is 0 Å². The molecule has 2 aromatic carbocycles. The Morgan fingerprint density at radius 1 is 1.27 bits per heavy atom. The maximum Gasteiger partial charge on any atom is 0.274 e. The molecule has 1 amide bonds. The number of piperidine rings is 1. The van der Waals surface area contributed by atoms with Crippen LogP contribution in [0.25, 0.3) is 10.2 Å². The van der Waals surface area contributed by atoms with E-state index in [1.54, 1.807) is 0 Å². The largest absolute Gasteiger partial charge is 0.494 e. The molecule has 1 atom stereocenters. The lowest BCUT2D eigenvalue weighted by molar-refractivity contribution is -0.384. The molecule has 3 aromatic rings. The molecule has 1 fully saturated rings. The van der Waals surface area contributed by atoms with E-state index in [2.05, 4.69) is 10.3 Å². The molecule has 2 heterocycles. The first-order valence-corrected chi connectivity index (χ1v) is 12.5. The molecule has 0 bridgehead atoms. The fourth-order valence-corrected chi connectivity index (χ4v) is 6.42. The van der Waals surface area contributed by atoms with E-state index < -0.39 is 20.9 Å². The van der Waals surface area contributed by atoms with Crippen LogP contribution in [0.3, 0.4) is 0 Å². The molecule has 1 N–H and O–H groups in total. The lowest BCUT2D eigenvalue weighted by Crippen LogP contribution is -2.41. The Kier molecular flexibility index (Phi) is 6.32. The van der Waals surface area contributed by atoms with E-state index in [0.717, 1.165) is 30.6 Å². The zero-order valence-electron chi connectivity index (χ0n) is 18.0. The molecule has 1 saturated heterocycles. The Morgan fingerprint density at radius 3 is 2.64 bits per heavy atom. The Labute approximate surface area is 194 Å². The van der Waals surface area contributed by atoms with Crippen molar-refractivity contribution in [1.29, 1.82) is 0 Å². The van der Waals surface area contributed by atoms with Crippen LogP contribution in [-0.2, 0) is 10.0 Å². The number of carbonyl (C=O) groups excluding carboxylic acids is 1. The summed E-state index contributed by atoms with van der Waals surface area (Å²) in [6.45, 7) is 2.39. The fraction of sp³-hybridized carbons (Fsp3) is 0.333. The summed E-state index contributed by atoms with van der Waals surface area (Å²) < 4.78 is 33.1. The number of anilines is 1. The summed E-state index contributed by atoms with van der Waals surface area (Å²) in [5.74, 6) is -0.240. The van der Waals surface area contributed by atoms with Crippen LogP contribution in [0.5, 0.6) is 5.75 Å². The molecule has 1 aliphatic rings. The molecule has 174 valence electrons. The average Bonchev–Trinajstić information content (AvgIpc) is 3.21. The van der Waals surface area contributed by atoms with Crippen molar-refractivity contribution < 1.29 is 22.9 Å². The number of carbonyl (C=O) groups is 1. The van der Waals surface area contributed by atoms with Gasteiger partial charge in [0.2, 0.25) is 10.0 Å². The average molecular weight is 491 g/mol. The first-order valence-electron chi connectivity index (χ1n) is 10.3. The molecule has 1 unspecified atom stereocenters. The van der Waals surface area contributed by atoms with Gasteiger partial charge in [-0.3, -0.25) is 20.2 Å². The second-order valence-electron chi connectivity index (χ2n) is 7.71. The molecule has 0 aliphatic carbocycles. The van der Waals surface area contributed by atoms with Crippen molar-refractivity contribution >= 4 is 48.3 Å². The minimum atomic E-state index is -3.63. The van der Waals surface area contributed by atoms with E-state index in [9.17, 15) is 23.3 Å². The predicted octanol–water partition coefficient (Wildman–Crippen LogP) is 4.03. The number of sulfonamides is 1. The first kappa shape index (κ1) is 23.1. The van der Waals surface area contributed by atoms with Gasteiger partial charge in [0.05, 0.1) is 27.7 Å². The highest BCUT2D eigenvalue weighted by Gasteiger charge is 2.31. The standard InChI is InChI=1S/C21H22N4O6S2/c1-13-5-3-4-10-24(13)33(29,30)16-8-6-14(7-9-16)20(26)23-21-22-19-17(31-2)11-15(25(27)28)12-18(19)32-21/h6-9,11-13H,3-5,10H2,1-2H3,(H,22,23,26). The number of methoxy groups -OCH3 is 1. The molecular formula is C21H22N4O6S2. The molecule has 0 spiro atoms. The summed E-state index contributed by atoms with van der Waals surface area (Å²) in [5.41, 5.74) is 0.527. The number of nitro groups is 1. The Bertz CT molecular complexity index is 1320. The van der Waals surface area contributed by atoms with Gasteiger partial charge >= 0.3 is 0 Å². The third-order valence-corrected chi connectivity index (χ3v) is 8.51. The van der Waals surface area contributed by atoms with E-state index in [1.165, 1.54) is 47.8 Å². The number of aromatic nitrogens is 1. The van der Waals surface area contributed by atoms with Crippen LogP contribution in [0.2, 0.25) is 0 Å². The lowest BCUT2D eigenvalue weighted by atomic mass is 10.1. The van der Waals surface area contributed by atoms with Gasteiger partial charge in [0.15, 0.2) is 10.9 Å². The number of benzene rings is 2. The fourth-order valence-electron chi connectivity index (χ4n) is 3.81. The van der Waals surface area contributed by atoms with Crippen molar-refractivity contribution in [3.63, 3.8) is 0 Å². The van der Waals surface area contributed by atoms with E-state index in [-0.39, 0.29) is 33.1 Å². The van der Waals surface area contributed by atoms with E-state index in [0.29, 0.717) is 16.8 Å². The van der Waals surface area contributed by atoms with Gasteiger partial charge in [0.1, 0.15) is 5.52 Å². The summed E-state index contributed by atoms with van der Waals surface area (Å²) >= 11 is 1.08. The van der Waals surface area contributed by atoms with E-state index in [1.807, 2.05) is 6.92 Å². The molecule has 1 aliphatic heterocycles. The van der Waals surface area contributed by atoms with Crippen molar-refractivity contribution in [2.45, 2.75) is 37.1 Å². The van der Waals surface area contributed by atoms with E-state index in [4.69, 9.17) is 4.74 Å². The van der Waals surface area contributed by atoms with Gasteiger partial charge in [-0.15, -0.1) is 0 Å². The van der Waals surface area contributed by atoms with Gasteiger partial charge in [-0.2, -0.15) is 4.31 Å². The van der Waals surface area contributed by atoms with Gasteiger partial charge in [0.25, 0.3) is 11.6 Å². The quantitative estimate of drug-likeness (QED) is 0.407. The number of ether oxygens (including phenoxy) is 1. The minimum absolute atomic E-state index is 0.0569. The van der Waals surface area contributed by atoms with Crippen molar-refractivity contribution in [3.8, 4) is 5.75 Å². The van der Waals surface area contributed by atoms with Crippen LogP contribution in [0, 0.1) is 10.1 Å². The van der Waals surface area contributed by atoms with E-state index >= 15 is 0 Å². The molecule has 4 rings (SSSR count). The van der Waals surface area contributed by atoms with Crippen LogP contribution in [0.15, 0.2) is 41.3 Å². The summed E-state index contributed by atoms with van der Waals surface area (Å²) in [4.78, 5) is 27.7. The molecular weight excluding hydrogens is 468 g/mol. The predicted molar refractivity (Wildman–Crippen MR) is 124 cm³/mol. The normalized spacial score (nSPS) is 17.1. The number of amides is 1. The topological polar surface area (TPSA) is 132 Å². The van der Waals surface area contributed by atoms with Gasteiger partial charge in [-0.05, 0) is 44.0 Å². The summed E-state index contributed by atoms with van der Waals surface area (Å²) in [5, 5.41) is 14.0. The molecule has 0 radical (unpaired) electrons. The van der Waals surface area contributed by atoms with Crippen molar-refractivity contribution in [2.75, 3.05) is 19.0 Å². The molecule has 10 nitrogen and oxygen atoms in total. The number of fused-ring (bicyclic) bond motifs is 1. The number of nitrogens with zero attached hydrogens (tertiary/aromatic N) is 3. The number of thiazole rings is 1. The summed E-state index contributed by atoms with van der Waals surface area (Å²) in [6.07, 6.45) is 2.67. The Morgan fingerprint density at radius 2 is 2.00 bits per heavy atom. The zero-order chi connectivity index (χ0) is 23.8. The maximum atomic E-state index is 13.0. The molecule has 33 heavy (non-hydrogen) atoms. The van der Waals surface area contributed by atoms with Crippen LogP contribution >= 0.6 is 11.3 Å². The minimum Gasteiger partial charge on any atom is -0.494 e. The number of rotatable bonds is 6. The number of non-ortho nitro benzene ring substituents is 1. The molecule has 0 saturated carbocycles. The number of hydrogen-bond acceptors (Lipinski definition) is 8. The third-order valence-electron chi connectivity index (χ3n) is 5.56. The van der Waals surface area contributed by atoms with Crippen LogP contribution in [0.1, 0.15) is 36.5 Å². The Hall–Kier alpha value is -3.09. The SMILES string of the molecule is COc1cc([N+](=O)[O-])cc2sc(NC(=O)c3ccc(S(=O)(=O)N4CCCCC4C)cc3)nc12. The second kappa shape index (κ2) is 9.04. The lowest BCUT2D eigenvalue weighted by Gasteiger charge is -2.32. The zero-order valence-corrected chi connectivity index (χ0v) is 19.6.